The van der Waals surface area contributed by atoms with Crippen molar-refractivity contribution in [3.8, 4) is 0 Å². The number of hydrogen-bond donors (Lipinski definition) is 1. The first-order valence-electron chi connectivity index (χ1n) is 6.67. The van der Waals surface area contributed by atoms with Crippen LogP contribution in [-0.2, 0) is 16.1 Å². The molecule has 2 unspecified atom stereocenters. The van der Waals surface area contributed by atoms with Crippen molar-refractivity contribution in [2.75, 3.05) is 0 Å². The van der Waals surface area contributed by atoms with Gasteiger partial charge in [0.25, 0.3) is 0 Å². The Kier molecular flexibility index (Phi) is 3.74. The van der Waals surface area contributed by atoms with Crippen LogP contribution in [0.4, 0.5) is 0 Å². The highest BCUT2D eigenvalue weighted by atomic mass is 16.2. The number of piperazine rings is 1. The first-order valence-corrected chi connectivity index (χ1v) is 6.67. The maximum atomic E-state index is 12.4. The van der Waals surface area contributed by atoms with Crippen LogP contribution < -0.4 is 5.32 Å². The van der Waals surface area contributed by atoms with Gasteiger partial charge in [0.2, 0.25) is 11.8 Å². The smallest absolute Gasteiger partial charge is 0.245 e. The molecule has 1 aliphatic rings. The summed E-state index contributed by atoms with van der Waals surface area (Å²) in [5, 5.41) is 2.73. The van der Waals surface area contributed by atoms with E-state index < -0.39 is 12.1 Å². The Morgan fingerprint density at radius 3 is 2.40 bits per heavy atom. The molecule has 0 saturated carbocycles. The molecule has 1 aromatic heterocycles. The minimum atomic E-state index is -0.519. The third-order valence-electron chi connectivity index (χ3n) is 3.32. The van der Waals surface area contributed by atoms with Crippen LogP contribution in [0.2, 0.25) is 0 Å². The number of carbonyl (C=O) groups is 2. The topological polar surface area (TPSA) is 75.2 Å². The number of hydrogen-bond acceptors (Lipinski definition) is 4. The van der Waals surface area contributed by atoms with Crippen LogP contribution >= 0.6 is 0 Å². The molecule has 2 atom stereocenters. The van der Waals surface area contributed by atoms with Crippen molar-refractivity contribution in [2.45, 2.75) is 46.3 Å². The predicted octanol–water partition coefficient (Wildman–Crippen LogP) is 0.738. The summed E-state index contributed by atoms with van der Waals surface area (Å²) in [4.78, 5) is 34.5. The van der Waals surface area contributed by atoms with E-state index in [0.29, 0.717) is 5.82 Å². The standard InChI is InChI=1S/C14H20N4O2/c1-9-13(20)18(8-10-15-6-5-7-16-10)11(12(19)17-9)14(2,3)4/h5-7,9,11H,8H2,1-4H3,(H,17,19). The fourth-order valence-electron chi connectivity index (χ4n) is 2.47. The SMILES string of the molecule is CC1NC(=O)C(C(C)(C)C)N(Cc2ncccn2)C1=O. The zero-order valence-electron chi connectivity index (χ0n) is 12.3. The number of amides is 2. The van der Waals surface area contributed by atoms with Crippen molar-refractivity contribution < 1.29 is 9.59 Å². The van der Waals surface area contributed by atoms with Gasteiger partial charge in [0.05, 0.1) is 6.54 Å². The van der Waals surface area contributed by atoms with Crippen LogP contribution in [0, 0.1) is 5.41 Å². The van der Waals surface area contributed by atoms with Crippen LogP contribution in [0.3, 0.4) is 0 Å². The van der Waals surface area contributed by atoms with Gasteiger partial charge < -0.3 is 10.2 Å². The first-order chi connectivity index (χ1) is 9.30. The van der Waals surface area contributed by atoms with E-state index in [2.05, 4.69) is 15.3 Å². The molecule has 1 aliphatic heterocycles. The number of rotatable bonds is 2. The van der Waals surface area contributed by atoms with E-state index in [1.54, 1.807) is 30.3 Å². The molecule has 0 bridgehead atoms. The zero-order chi connectivity index (χ0) is 14.9. The van der Waals surface area contributed by atoms with E-state index in [0.717, 1.165) is 0 Å². The molecule has 0 aliphatic carbocycles. The van der Waals surface area contributed by atoms with Gasteiger partial charge >= 0.3 is 0 Å². The monoisotopic (exact) mass is 276 g/mol. The molecule has 108 valence electrons. The second-order valence-corrected chi connectivity index (χ2v) is 6.13. The molecule has 20 heavy (non-hydrogen) atoms. The number of aromatic nitrogens is 2. The van der Waals surface area contributed by atoms with Gasteiger partial charge in [0.15, 0.2) is 0 Å². The summed E-state index contributed by atoms with van der Waals surface area (Å²) >= 11 is 0. The van der Waals surface area contributed by atoms with Gasteiger partial charge in [-0.3, -0.25) is 9.59 Å². The summed E-state index contributed by atoms with van der Waals surface area (Å²) in [7, 11) is 0. The number of nitrogens with one attached hydrogen (secondary N) is 1. The first kappa shape index (κ1) is 14.4. The molecule has 2 amide bonds. The van der Waals surface area contributed by atoms with Crippen LogP contribution in [-0.4, -0.2) is 38.8 Å². The van der Waals surface area contributed by atoms with Crippen molar-refractivity contribution in [1.29, 1.82) is 0 Å². The average molecular weight is 276 g/mol. The molecule has 0 radical (unpaired) electrons. The van der Waals surface area contributed by atoms with E-state index in [4.69, 9.17) is 0 Å². The van der Waals surface area contributed by atoms with Crippen molar-refractivity contribution in [1.82, 2.24) is 20.2 Å². The molecule has 1 fully saturated rings. The molecule has 1 aromatic rings. The van der Waals surface area contributed by atoms with Crippen molar-refractivity contribution in [3.63, 3.8) is 0 Å². The summed E-state index contributed by atoms with van der Waals surface area (Å²) < 4.78 is 0. The quantitative estimate of drug-likeness (QED) is 0.864. The fraction of sp³-hybridized carbons (Fsp3) is 0.571. The van der Waals surface area contributed by atoms with E-state index in [-0.39, 0.29) is 23.8 Å². The molecular formula is C14H20N4O2. The Labute approximate surface area is 118 Å². The maximum Gasteiger partial charge on any atom is 0.245 e. The highest BCUT2D eigenvalue weighted by Crippen LogP contribution is 2.28. The van der Waals surface area contributed by atoms with Gasteiger partial charge in [-0.15, -0.1) is 0 Å². The highest BCUT2D eigenvalue weighted by Gasteiger charge is 2.44. The maximum absolute atomic E-state index is 12.4. The lowest BCUT2D eigenvalue weighted by Crippen LogP contribution is -2.65. The van der Waals surface area contributed by atoms with Crippen molar-refractivity contribution in [2.24, 2.45) is 5.41 Å². The van der Waals surface area contributed by atoms with Gasteiger partial charge in [-0.25, -0.2) is 9.97 Å². The summed E-state index contributed by atoms with van der Waals surface area (Å²) in [5.74, 6) is 0.314. The third kappa shape index (κ3) is 2.79. The Morgan fingerprint density at radius 2 is 1.85 bits per heavy atom. The van der Waals surface area contributed by atoms with Gasteiger partial charge in [0.1, 0.15) is 17.9 Å². The normalized spacial score (nSPS) is 23.7. The Hall–Kier alpha value is -1.98. The number of nitrogens with zero attached hydrogens (tertiary/aromatic N) is 3. The van der Waals surface area contributed by atoms with Gasteiger partial charge in [-0.05, 0) is 18.4 Å². The van der Waals surface area contributed by atoms with Crippen molar-refractivity contribution in [3.05, 3.63) is 24.3 Å². The lowest BCUT2D eigenvalue weighted by molar-refractivity contribution is -0.154. The van der Waals surface area contributed by atoms with Crippen LogP contribution in [0.1, 0.15) is 33.5 Å². The minimum Gasteiger partial charge on any atom is -0.343 e. The summed E-state index contributed by atoms with van der Waals surface area (Å²) in [6, 6.07) is 0.692. The molecule has 2 heterocycles. The second-order valence-electron chi connectivity index (χ2n) is 6.13. The lowest BCUT2D eigenvalue weighted by atomic mass is 9.83. The molecule has 0 spiro atoms. The van der Waals surface area contributed by atoms with Gasteiger partial charge in [-0.2, -0.15) is 0 Å². The van der Waals surface area contributed by atoms with E-state index in [1.807, 2.05) is 20.8 Å². The van der Waals surface area contributed by atoms with Crippen LogP contribution in [0.15, 0.2) is 18.5 Å². The summed E-state index contributed by atoms with van der Waals surface area (Å²) in [6.07, 6.45) is 3.26. The molecular weight excluding hydrogens is 256 g/mol. The third-order valence-corrected chi connectivity index (χ3v) is 3.32. The van der Waals surface area contributed by atoms with Crippen molar-refractivity contribution >= 4 is 11.8 Å². The molecule has 1 N–H and O–H groups in total. The molecule has 0 aromatic carbocycles. The zero-order valence-corrected chi connectivity index (χ0v) is 12.3. The van der Waals surface area contributed by atoms with E-state index in [9.17, 15) is 9.59 Å². The van der Waals surface area contributed by atoms with Crippen LogP contribution in [0.25, 0.3) is 0 Å². The lowest BCUT2D eigenvalue weighted by Gasteiger charge is -2.43. The largest absolute Gasteiger partial charge is 0.343 e. The fourth-order valence-corrected chi connectivity index (χ4v) is 2.47. The molecule has 6 nitrogen and oxygen atoms in total. The molecule has 2 rings (SSSR count). The summed E-state index contributed by atoms with van der Waals surface area (Å²) in [6.45, 7) is 7.77. The Balaban J connectivity index is 2.32. The predicted molar refractivity (Wildman–Crippen MR) is 73.4 cm³/mol. The second kappa shape index (κ2) is 5.19. The summed E-state index contributed by atoms with van der Waals surface area (Å²) in [5.41, 5.74) is -0.353. The Morgan fingerprint density at radius 1 is 1.25 bits per heavy atom. The molecule has 1 saturated heterocycles. The van der Waals surface area contributed by atoms with Gasteiger partial charge in [0, 0.05) is 12.4 Å². The van der Waals surface area contributed by atoms with Gasteiger partial charge in [-0.1, -0.05) is 20.8 Å². The molecule has 6 heteroatoms. The van der Waals surface area contributed by atoms with E-state index >= 15 is 0 Å². The Bertz CT molecular complexity index is 510. The average Bonchev–Trinajstić information content (AvgIpc) is 2.35. The van der Waals surface area contributed by atoms with Crippen LogP contribution in [0.5, 0.6) is 0 Å². The number of carbonyl (C=O) groups excluding carboxylic acids is 2. The highest BCUT2D eigenvalue weighted by molar-refractivity contribution is 5.97. The minimum absolute atomic E-state index is 0.100. The van der Waals surface area contributed by atoms with E-state index in [1.165, 1.54) is 0 Å².